The van der Waals surface area contributed by atoms with E-state index in [9.17, 15) is 24.3 Å². The molecule has 4 N–H and O–H groups in total. The van der Waals surface area contributed by atoms with Gasteiger partial charge in [-0.25, -0.2) is 19.2 Å². The topological polar surface area (TPSA) is 149 Å². The third-order valence-electron chi connectivity index (χ3n) is 3.23. The average molecular weight is 330 g/mol. The first kappa shape index (κ1) is 16.7. The first-order chi connectivity index (χ1) is 11.2. The van der Waals surface area contributed by atoms with Crippen LogP contribution in [0.25, 0.3) is 11.1 Å². The van der Waals surface area contributed by atoms with Gasteiger partial charge in [-0.2, -0.15) is 0 Å². The van der Waals surface area contributed by atoms with Gasteiger partial charge in [-0.3, -0.25) is 0 Å². The lowest BCUT2D eigenvalue weighted by atomic mass is 9.94. The smallest absolute Gasteiger partial charge is 0.336 e. The number of hydrogen-bond acceptors (Lipinski definition) is 4. The van der Waals surface area contributed by atoms with Gasteiger partial charge in [0, 0.05) is 0 Å². The maximum atomic E-state index is 11.3. The minimum atomic E-state index is -1.40. The summed E-state index contributed by atoms with van der Waals surface area (Å²) in [6.45, 7) is 0. The number of carboxylic acids is 4. The Balaban J connectivity index is 2.80. The molecule has 0 bridgehead atoms. The lowest BCUT2D eigenvalue weighted by molar-refractivity contribution is 0.0681. The molecule has 8 heteroatoms. The molecular formula is C16H10O8. The van der Waals surface area contributed by atoms with E-state index in [1.807, 2.05) is 0 Å². The highest BCUT2D eigenvalue weighted by Crippen LogP contribution is 2.28. The molecule has 0 saturated carbocycles. The predicted octanol–water partition coefficient (Wildman–Crippen LogP) is 2.15. The van der Waals surface area contributed by atoms with Crippen molar-refractivity contribution < 1.29 is 39.6 Å². The summed E-state index contributed by atoms with van der Waals surface area (Å²) in [6, 6.07) is 6.31. The molecule has 0 atom stereocenters. The number of carboxylic acid groups (broad SMARTS) is 4. The number of carbonyl (C=O) groups is 4. The number of aromatic carboxylic acids is 4. The first-order valence-electron chi connectivity index (χ1n) is 6.43. The summed E-state index contributed by atoms with van der Waals surface area (Å²) < 4.78 is 0. The molecule has 0 aliphatic rings. The zero-order chi connectivity index (χ0) is 18.0. The number of rotatable bonds is 5. The molecule has 24 heavy (non-hydrogen) atoms. The van der Waals surface area contributed by atoms with Crippen molar-refractivity contribution >= 4 is 23.9 Å². The monoisotopic (exact) mass is 330 g/mol. The Morgan fingerprint density at radius 3 is 1.50 bits per heavy atom. The van der Waals surface area contributed by atoms with Crippen molar-refractivity contribution in [3.63, 3.8) is 0 Å². The maximum absolute atomic E-state index is 11.3. The van der Waals surface area contributed by atoms with E-state index in [0.29, 0.717) is 0 Å². The van der Waals surface area contributed by atoms with Crippen LogP contribution in [0, 0.1) is 0 Å². The van der Waals surface area contributed by atoms with Gasteiger partial charge >= 0.3 is 23.9 Å². The number of benzene rings is 2. The van der Waals surface area contributed by atoms with Crippen LogP contribution in [0.5, 0.6) is 0 Å². The highest BCUT2D eigenvalue weighted by Gasteiger charge is 2.18. The Labute approximate surface area is 134 Å². The minimum Gasteiger partial charge on any atom is -0.478 e. The van der Waals surface area contributed by atoms with E-state index in [1.165, 1.54) is 0 Å². The van der Waals surface area contributed by atoms with Crippen LogP contribution in [0.2, 0.25) is 0 Å². The lowest BCUT2D eigenvalue weighted by Crippen LogP contribution is -2.06. The molecule has 2 rings (SSSR count). The second-order valence-electron chi connectivity index (χ2n) is 4.78. The standard InChI is InChI=1S/C16H10O8/c17-13(18)7-1-2-11(16(23)24)12(6-7)8-3-9(14(19)20)5-10(4-8)15(21)22/h1-6H,(H,17,18)(H,19,20)(H,21,22)(H,23,24). The zero-order valence-corrected chi connectivity index (χ0v) is 11.9. The Kier molecular flexibility index (Phi) is 4.32. The second kappa shape index (κ2) is 6.21. The fraction of sp³-hybridized carbons (Fsp3) is 0. The molecule has 2 aromatic carbocycles. The van der Waals surface area contributed by atoms with Gasteiger partial charge in [0.15, 0.2) is 0 Å². The van der Waals surface area contributed by atoms with E-state index < -0.39 is 23.9 Å². The Bertz CT molecular complexity index is 849. The fourth-order valence-electron chi connectivity index (χ4n) is 2.13. The molecule has 0 heterocycles. The van der Waals surface area contributed by atoms with Crippen LogP contribution >= 0.6 is 0 Å². The summed E-state index contributed by atoms with van der Waals surface area (Å²) in [6.07, 6.45) is 0. The van der Waals surface area contributed by atoms with E-state index in [-0.39, 0.29) is 33.4 Å². The summed E-state index contributed by atoms with van der Waals surface area (Å²) in [5.41, 5.74) is -1.32. The van der Waals surface area contributed by atoms with Gasteiger partial charge in [0.25, 0.3) is 0 Å². The highest BCUT2D eigenvalue weighted by atomic mass is 16.4. The van der Waals surface area contributed by atoms with E-state index in [1.54, 1.807) is 0 Å². The summed E-state index contributed by atoms with van der Waals surface area (Å²) in [5.74, 6) is -5.46. The molecule has 2 aromatic rings. The SMILES string of the molecule is O=C(O)c1cc(C(=O)O)cc(-c2cc(C(=O)O)ccc2C(=O)O)c1. The zero-order valence-electron chi connectivity index (χ0n) is 11.9. The molecule has 0 unspecified atom stereocenters. The van der Waals surface area contributed by atoms with E-state index in [2.05, 4.69) is 0 Å². The van der Waals surface area contributed by atoms with Crippen LogP contribution < -0.4 is 0 Å². The molecule has 0 spiro atoms. The largest absolute Gasteiger partial charge is 0.478 e. The molecular weight excluding hydrogens is 320 g/mol. The molecule has 0 aliphatic heterocycles. The third-order valence-corrected chi connectivity index (χ3v) is 3.23. The molecule has 0 saturated heterocycles. The van der Waals surface area contributed by atoms with Crippen molar-refractivity contribution in [3.05, 3.63) is 58.7 Å². The summed E-state index contributed by atoms with van der Waals surface area (Å²) in [7, 11) is 0. The third kappa shape index (κ3) is 3.22. The van der Waals surface area contributed by atoms with Crippen molar-refractivity contribution in [2.24, 2.45) is 0 Å². The Hall–Kier alpha value is -3.68. The summed E-state index contributed by atoms with van der Waals surface area (Å²) >= 11 is 0. The van der Waals surface area contributed by atoms with E-state index >= 15 is 0 Å². The fourth-order valence-corrected chi connectivity index (χ4v) is 2.13. The van der Waals surface area contributed by atoms with Crippen molar-refractivity contribution in [1.29, 1.82) is 0 Å². The van der Waals surface area contributed by atoms with Crippen LogP contribution in [-0.2, 0) is 0 Å². The first-order valence-corrected chi connectivity index (χ1v) is 6.43. The molecule has 0 amide bonds. The Morgan fingerprint density at radius 2 is 1.08 bits per heavy atom. The van der Waals surface area contributed by atoms with Crippen LogP contribution in [0.15, 0.2) is 36.4 Å². The van der Waals surface area contributed by atoms with Gasteiger partial charge in [0.2, 0.25) is 0 Å². The number of hydrogen-bond donors (Lipinski definition) is 4. The molecule has 0 aromatic heterocycles. The van der Waals surface area contributed by atoms with Crippen molar-refractivity contribution in [1.82, 2.24) is 0 Å². The van der Waals surface area contributed by atoms with Crippen molar-refractivity contribution in [2.45, 2.75) is 0 Å². The molecule has 0 aliphatic carbocycles. The van der Waals surface area contributed by atoms with E-state index in [4.69, 9.17) is 15.3 Å². The van der Waals surface area contributed by atoms with Crippen molar-refractivity contribution in [3.8, 4) is 11.1 Å². The molecule has 0 radical (unpaired) electrons. The normalized spacial score (nSPS) is 10.2. The minimum absolute atomic E-state index is 0.0206. The maximum Gasteiger partial charge on any atom is 0.336 e. The van der Waals surface area contributed by atoms with Crippen LogP contribution in [0.1, 0.15) is 41.4 Å². The van der Waals surface area contributed by atoms with Gasteiger partial charge in [-0.15, -0.1) is 0 Å². The highest BCUT2D eigenvalue weighted by molar-refractivity contribution is 6.01. The van der Waals surface area contributed by atoms with Crippen LogP contribution in [0.3, 0.4) is 0 Å². The van der Waals surface area contributed by atoms with Gasteiger partial charge in [0.05, 0.1) is 22.3 Å². The quantitative estimate of drug-likeness (QED) is 0.651. The molecule has 8 nitrogen and oxygen atoms in total. The van der Waals surface area contributed by atoms with Gasteiger partial charge < -0.3 is 20.4 Å². The van der Waals surface area contributed by atoms with Gasteiger partial charge in [-0.05, 0) is 47.5 Å². The summed E-state index contributed by atoms with van der Waals surface area (Å²) in [4.78, 5) is 44.7. The van der Waals surface area contributed by atoms with Crippen LogP contribution in [-0.4, -0.2) is 44.3 Å². The molecule has 122 valence electrons. The summed E-state index contributed by atoms with van der Waals surface area (Å²) in [5, 5.41) is 36.4. The Morgan fingerprint density at radius 1 is 0.583 bits per heavy atom. The van der Waals surface area contributed by atoms with Gasteiger partial charge in [0.1, 0.15) is 0 Å². The van der Waals surface area contributed by atoms with Crippen molar-refractivity contribution in [2.75, 3.05) is 0 Å². The lowest BCUT2D eigenvalue weighted by Gasteiger charge is -2.10. The molecule has 0 fully saturated rings. The second-order valence-corrected chi connectivity index (χ2v) is 4.78. The van der Waals surface area contributed by atoms with Gasteiger partial charge in [-0.1, -0.05) is 0 Å². The van der Waals surface area contributed by atoms with Crippen LogP contribution in [0.4, 0.5) is 0 Å². The van der Waals surface area contributed by atoms with E-state index in [0.717, 1.165) is 36.4 Å². The average Bonchev–Trinajstić information content (AvgIpc) is 2.53. The predicted molar refractivity (Wildman–Crippen MR) is 79.7 cm³/mol.